The highest BCUT2D eigenvalue weighted by atomic mass is 16.1. The van der Waals surface area contributed by atoms with Gasteiger partial charge in [-0.3, -0.25) is 9.69 Å². The second-order valence-electron chi connectivity index (χ2n) is 7.21. The number of unbranched alkanes of at least 4 members (excludes halogenated alkanes) is 1. The van der Waals surface area contributed by atoms with Crippen LogP contribution in [0.3, 0.4) is 0 Å². The van der Waals surface area contributed by atoms with E-state index in [1.165, 1.54) is 5.69 Å². The molecule has 0 aliphatic carbocycles. The highest BCUT2D eigenvalue weighted by Gasteiger charge is 2.20. The number of nitrogens with one attached hydrogen (secondary N) is 2. The summed E-state index contributed by atoms with van der Waals surface area (Å²) in [6.45, 7) is 8.34. The number of rotatable bonds is 7. The fourth-order valence-electron chi connectivity index (χ4n) is 3.76. The summed E-state index contributed by atoms with van der Waals surface area (Å²) in [7, 11) is 0. The number of amides is 1. The molecule has 0 bridgehead atoms. The van der Waals surface area contributed by atoms with Gasteiger partial charge in [0, 0.05) is 45.0 Å². The molecule has 2 N–H and O–H groups in total. The van der Waals surface area contributed by atoms with Gasteiger partial charge in [-0.25, -0.2) is 0 Å². The summed E-state index contributed by atoms with van der Waals surface area (Å²) < 4.78 is 0. The van der Waals surface area contributed by atoms with Crippen LogP contribution in [-0.2, 0) is 4.79 Å². The van der Waals surface area contributed by atoms with E-state index in [0.29, 0.717) is 0 Å². The normalized spacial score (nSPS) is 21.9. The van der Waals surface area contributed by atoms with Crippen molar-refractivity contribution in [1.82, 2.24) is 15.5 Å². The van der Waals surface area contributed by atoms with Gasteiger partial charge in [-0.2, -0.15) is 0 Å². The maximum Gasteiger partial charge on any atom is 0.224 e. The Bertz CT molecular complexity index is 508. The Kier molecular flexibility index (Phi) is 7.12. The lowest BCUT2D eigenvalue weighted by atomic mass is 9.99. The zero-order chi connectivity index (χ0) is 17.3. The fourth-order valence-corrected chi connectivity index (χ4v) is 3.76. The monoisotopic (exact) mass is 344 g/mol. The van der Waals surface area contributed by atoms with E-state index in [0.717, 1.165) is 78.0 Å². The first-order valence-corrected chi connectivity index (χ1v) is 9.84. The molecule has 5 heteroatoms. The van der Waals surface area contributed by atoms with Crippen molar-refractivity contribution in [3.05, 3.63) is 30.3 Å². The predicted octanol–water partition coefficient (Wildman–Crippen LogP) is 1.70. The number of hydrogen-bond donors (Lipinski definition) is 2. The van der Waals surface area contributed by atoms with Crippen LogP contribution in [-0.4, -0.2) is 63.2 Å². The van der Waals surface area contributed by atoms with E-state index in [1.807, 2.05) is 0 Å². The molecule has 3 rings (SSSR count). The number of hydrogen-bond acceptors (Lipinski definition) is 4. The standard InChI is InChI=1S/C20H32N4O/c25-20(18-7-6-10-21-17-18)22-11-4-5-12-23-13-15-24(16-14-23)19-8-2-1-3-9-19/h1-3,8-9,18,21H,4-7,10-17H2,(H,22,25). The lowest BCUT2D eigenvalue weighted by Crippen LogP contribution is -2.46. The number of anilines is 1. The molecule has 2 heterocycles. The zero-order valence-electron chi connectivity index (χ0n) is 15.3. The SMILES string of the molecule is O=C(NCCCCN1CCN(c2ccccc2)CC1)C1CCCNC1. The zero-order valence-corrected chi connectivity index (χ0v) is 15.3. The molecule has 5 nitrogen and oxygen atoms in total. The molecule has 1 amide bonds. The Labute approximate surface area is 151 Å². The van der Waals surface area contributed by atoms with Crippen LogP contribution < -0.4 is 15.5 Å². The molecule has 0 radical (unpaired) electrons. The lowest BCUT2D eigenvalue weighted by Gasteiger charge is -2.36. The average molecular weight is 345 g/mol. The smallest absolute Gasteiger partial charge is 0.224 e. The van der Waals surface area contributed by atoms with Crippen LogP contribution in [0.2, 0.25) is 0 Å². The first-order valence-electron chi connectivity index (χ1n) is 9.84. The van der Waals surface area contributed by atoms with E-state index >= 15 is 0 Å². The summed E-state index contributed by atoms with van der Waals surface area (Å²) in [6.07, 6.45) is 4.39. The van der Waals surface area contributed by atoms with E-state index in [2.05, 4.69) is 50.8 Å². The molecule has 138 valence electrons. The first kappa shape index (κ1) is 18.2. The summed E-state index contributed by atoms with van der Waals surface area (Å²) >= 11 is 0. The van der Waals surface area contributed by atoms with E-state index < -0.39 is 0 Å². The molecule has 2 saturated heterocycles. The molecule has 2 aliphatic rings. The summed E-state index contributed by atoms with van der Waals surface area (Å²) in [5.74, 6) is 0.420. The van der Waals surface area contributed by atoms with Gasteiger partial charge < -0.3 is 15.5 Å². The largest absolute Gasteiger partial charge is 0.369 e. The van der Waals surface area contributed by atoms with Gasteiger partial charge in [0.25, 0.3) is 0 Å². The second-order valence-corrected chi connectivity index (χ2v) is 7.21. The number of carbonyl (C=O) groups excluding carboxylic acids is 1. The van der Waals surface area contributed by atoms with E-state index in [4.69, 9.17) is 0 Å². The number of piperazine rings is 1. The second kappa shape index (κ2) is 9.78. The van der Waals surface area contributed by atoms with E-state index in [-0.39, 0.29) is 11.8 Å². The van der Waals surface area contributed by atoms with Crippen molar-refractivity contribution in [3.8, 4) is 0 Å². The Morgan fingerprint density at radius 2 is 1.92 bits per heavy atom. The molecule has 2 fully saturated rings. The Morgan fingerprint density at radius 3 is 2.64 bits per heavy atom. The van der Waals surface area contributed by atoms with Crippen LogP contribution in [0.1, 0.15) is 25.7 Å². The van der Waals surface area contributed by atoms with Gasteiger partial charge in [0.05, 0.1) is 5.92 Å². The molecule has 1 unspecified atom stereocenters. The quantitative estimate of drug-likeness (QED) is 0.739. The van der Waals surface area contributed by atoms with Gasteiger partial charge in [0.2, 0.25) is 5.91 Å². The predicted molar refractivity (Wildman–Crippen MR) is 103 cm³/mol. The lowest BCUT2D eigenvalue weighted by molar-refractivity contribution is -0.125. The molecular weight excluding hydrogens is 312 g/mol. The minimum absolute atomic E-state index is 0.180. The highest BCUT2D eigenvalue weighted by Crippen LogP contribution is 2.15. The van der Waals surface area contributed by atoms with Gasteiger partial charge in [0.15, 0.2) is 0 Å². The minimum Gasteiger partial charge on any atom is -0.369 e. The molecule has 0 saturated carbocycles. The third-order valence-electron chi connectivity index (χ3n) is 5.36. The summed E-state index contributed by atoms with van der Waals surface area (Å²) in [5.41, 5.74) is 1.34. The Balaban J connectivity index is 1.25. The average Bonchev–Trinajstić information content (AvgIpc) is 2.69. The molecule has 0 spiro atoms. The van der Waals surface area contributed by atoms with Crippen molar-refractivity contribution < 1.29 is 4.79 Å². The van der Waals surface area contributed by atoms with Gasteiger partial charge >= 0.3 is 0 Å². The Morgan fingerprint density at radius 1 is 1.12 bits per heavy atom. The van der Waals surface area contributed by atoms with Crippen molar-refractivity contribution >= 4 is 11.6 Å². The van der Waals surface area contributed by atoms with Crippen LogP contribution in [0, 0.1) is 5.92 Å². The van der Waals surface area contributed by atoms with Crippen molar-refractivity contribution in [3.63, 3.8) is 0 Å². The van der Waals surface area contributed by atoms with Crippen molar-refractivity contribution in [1.29, 1.82) is 0 Å². The third-order valence-corrected chi connectivity index (χ3v) is 5.36. The van der Waals surface area contributed by atoms with Crippen LogP contribution in [0.25, 0.3) is 0 Å². The first-order chi connectivity index (χ1) is 12.3. The van der Waals surface area contributed by atoms with Crippen LogP contribution >= 0.6 is 0 Å². The summed E-state index contributed by atoms with van der Waals surface area (Å²) in [6, 6.07) is 10.7. The van der Waals surface area contributed by atoms with E-state index in [1.54, 1.807) is 0 Å². The van der Waals surface area contributed by atoms with Gasteiger partial charge in [-0.15, -0.1) is 0 Å². The summed E-state index contributed by atoms with van der Waals surface area (Å²) in [5, 5.41) is 6.42. The van der Waals surface area contributed by atoms with Gasteiger partial charge in [-0.05, 0) is 50.9 Å². The van der Waals surface area contributed by atoms with E-state index in [9.17, 15) is 4.79 Å². The molecule has 1 aromatic carbocycles. The molecule has 25 heavy (non-hydrogen) atoms. The molecule has 1 atom stereocenters. The van der Waals surface area contributed by atoms with Crippen molar-refractivity contribution in [2.45, 2.75) is 25.7 Å². The maximum atomic E-state index is 12.1. The van der Waals surface area contributed by atoms with Gasteiger partial charge in [-0.1, -0.05) is 18.2 Å². The molecule has 2 aliphatic heterocycles. The summed E-state index contributed by atoms with van der Waals surface area (Å²) in [4.78, 5) is 17.1. The third kappa shape index (κ3) is 5.72. The highest BCUT2D eigenvalue weighted by molar-refractivity contribution is 5.78. The number of para-hydroxylation sites is 1. The number of piperidine rings is 1. The van der Waals surface area contributed by atoms with Crippen molar-refractivity contribution in [2.75, 3.05) is 57.3 Å². The molecular formula is C20H32N4O. The van der Waals surface area contributed by atoms with Crippen molar-refractivity contribution in [2.24, 2.45) is 5.92 Å². The van der Waals surface area contributed by atoms with Crippen LogP contribution in [0.15, 0.2) is 30.3 Å². The number of carbonyl (C=O) groups is 1. The fraction of sp³-hybridized carbons (Fsp3) is 0.650. The van der Waals surface area contributed by atoms with Crippen LogP contribution in [0.4, 0.5) is 5.69 Å². The molecule has 0 aromatic heterocycles. The minimum atomic E-state index is 0.180. The number of nitrogens with zero attached hydrogens (tertiary/aromatic N) is 2. The van der Waals surface area contributed by atoms with Crippen LogP contribution in [0.5, 0.6) is 0 Å². The molecule has 1 aromatic rings. The Hall–Kier alpha value is -1.59. The maximum absolute atomic E-state index is 12.1. The van der Waals surface area contributed by atoms with Gasteiger partial charge in [0.1, 0.15) is 0 Å². The number of benzene rings is 1. The topological polar surface area (TPSA) is 47.6 Å².